The minimum Gasteiger partial charge on any atom is -0.385 e. The number of aryl methyl sites for hydroxylation is 1. The smallest absolute Gasteiger partial charge is 0.0484 e. The van der Waals surface area contributed by atoms with Gasteiger partial charge in [0, 0.05) is 22.6 Å². The standard InChI is InChI=1S/C13H12ClN/c14-12-5-1-3-9-10(12)6-7-13-11(9)4-2-8-15-13/h1,3,5-7,15H,2,4,8H2. The van der Waals surface area contributed by atoms with Crippen LogP contribution >= 0.6 is 11.6 Å². The zero-order valence-electron chi connectivity index (χ0n) is 8.39. The number of benzene rings is 2. The van der Waals surface area contributed by atoms with E-state index in [-0.39, 0.29) is 0 Å². The molecule has 0 unspecified atom stereocenters. The van der Waals surface area contributed by atoms with Gasteiger partial charge in [-0.3, -0.25) is 0 Å². The van der Waals surface area contributed by atoms with Crippen LogP contribution in [-0.2, 0) is 6.42 Å². The zero-order chi connectivity index (χ0) is 10.3. The normalized spacial score (nSPS) is 14.7. The lowest BCUT2D eigenvalue weighted by atomic mass is 9.96. The molecule has 0 radical (unpaired) electrons. The highest BCUT2D eigenvalue weighted by atomic mass is 35.5. The molecule has 0 fully saturated rings. The van der Waals surface area contributed by atoms with Crippen LogP contribution in [0.1, 0.15) is 12.0 Å². The van der Waals surface area contributed by atoms with Crippen molar-refractivity contribution in [3.8, 4) is 0 Å². The number of hydrogen-bond acceptors (Lipinski definition) is 1. The highest BCUT2D eigenvalue weighted by Crippen LogP contribution is 2.33. The van der Waals surface area contributed by atoms with Crippen molar-refractivity contribution >= 4 is 28.1 Å². The SMILES string of the molecule is Clc1cccc2c3c(ccc12)NCCC3. The van der Waals surface area contributed by atoms with Gasteiger partial charge in [-0.05, 0) is 35.9 Å². The Kier molecular flexibility index (Phi) is 2.06. The number of rotatable bonds is 0. The van der Waals surface area contributed by atoms with Gasteiger partial charge in [0.1, 0.15) is 0 Å². The molecular weight excluding hydrogens is 206 g/mol. The summed E-state index contributed by atoms with van der Waals surface area (Å²) < 4.78 is 0. The van der Waals surface area contributed by atoms with Crippen molar-refractivity contribution in [3.63, 3.8) is 0 Å². The molecule has 1 N–H and O–H groups in total. The quantitative estimate of drug-likeness (QED) is 0.707. The average Bonchev–Trinajstić information content (AvgIpc) is 2.29. The molecule has 1 aliphatic heterocycles. The molecule has 0 saturated carbocycles. The van der Waals surface area contributed by atoms with Crippen molar-refractivity contribution in [2.24, 2.45) is 0 Å². The van der Waals surface area contributed by atoms with Crippen LogP contribution in [0.2, 0.25) is 5.02 Å². The van der Waals surface area contributed by atoms with E-state index in [2.05, 4.69) is 23.5 Å². The van der Waals surface area contributed by atoms with Crippen LogP contribution in [0.5, 0.6) is 0 Å². The molecular formula is C13H12ClN. The molecule has 0 bridgehead atoms. The summed E-state index contributed by atoms with van der Waals surface area (Å²) in [6.45, 7) is 1.08. The number of hydrogen-bond donors (Lipinski definition) is 1. The predicted molar refractivity (Wildman–Crippen MR) is 65.8 cm³/mol. The van der Waals surface area contributed by atoms with Crippen LogP contribution in [-0.4, -0.2) is 6.54 Å². The fraction of sp³-hybridized carbons (Fsp3) is 0.231. The summed E-state index contributed by atoms with van der Waals surface area (Å²) >= 11 is 6.18. The second-order valence-electron chi connectivity index (χ2n) is 3.96. The van der Waals surface area contributed by atoms with Gasteiger partial charge in [0.05, 0.1) is 0 Å². The monoisotopic (exact) mass is 217 g/mol. The molecule has 2 aromatic carbocycles. The van der Waals surface area contributed by atoms with Crippen molar-refractivity contribution in [2.45, 2.75) is 12.8 Å². The molecule has 0 saturated heterocycles. The molecule has 76 valence electrons. The molecule has 2 heteroatoms. The average molecular weight is 218 g/mol. The molecule has 0 amide bonds. The summed E-state index contributed by atoms with van der Waals surface area (Å²) in [5.41, 5.74) is 2.69. The highest BCUT2D eigenvalue weighted by molar-refractivity contribution is 6.35. The molecule has 1 heterocycles. The van der Waals surface area contributed by atoms with Crippen molar-refractivity contribution in [1.82, 2.24) is 0 Å². The third kappa shape index (κ3) is 1.38. The van der Waals surface area contributed by atoms with Crippen molar-refractivity contribution in [3.05, 3.63) is 40.9 Å². The lowest BCUT2D eigenvalue weighted by Crippen LogP contribution is -2.11. The first kappa shape index (κ1) is 9.05. The van der Waals surface area contributed by atoms with Crippen LogP contribution in [0, 0.1) is 0 Å². The van der Waals surface area contributed by atoms with Gasteiger partial charge in [0.15, 0.2) is 0 Å². The molecule has 0 aliphatic carbocycles. The van der Waals surface area contributed by atoms with Crippen LogP contribution in [0.3, 0.4) is 0 Å². The summed E-state index contributed by atoms with van der Waals surface area (Å²) in [6.07, 6.45) is 2.36. The van der Waals surface area contributed by atoms with E-state index < -0.39 is 0 Å². The first-order valence-electron chi connectivity index (χ1n) is 5.30. The maximum absolute atomic E-state index is 6.18. The Bertz CT molecular complexity index is 519. The van der Waals surface area contributed by atoms with Crippen LogP contribution in [0.25, 0.3) is 10.8 Å². The molecule has 0 atom stereocenters. The molecule has 1 nitrogen and oxygen atoms in total. The number of fused-ring (bicyclic) bond motifs is 3. The summed E-state index contributed by atoms with van der Waals surface area (Å²) in [6, 6.07) is 10.4. The van der Waals surface area contributed by atoms with Gasteiger partial charge in [0.25, 0.3) is 0 Å². The van der Waals surface area contributed by atoms with Gasteiger partial charge in [-0.2, -0.15) is 0 Å². The van der Waals surface area contributed by atoms with Crippen LogP contribution in [0.15, 0.2) is 30.3 Å². The van der Waals surface area contributed by atoms with E-state index in [1.165, 1.54) is 28.4 Å². The Morgan fingerprint density at radius 1 is 1.07 bits per heavy atom. The van der Waals surface area contributed by atoms with Gasteiger partial charge in [-0.15, -0.1) is 0 Å². The minimum absolute atomic E-state index is 0.848. The van der Waals surface area contributed by atoms with E-state index in [0.717, 1.165) is 18.0 Å². The Labute approximate surface area is 94.1 Å². The summed E-state index contributed by atoms with van der Waals surface area (Å²) in [5.74, 6) is 0. The number of halogens is 1. The lowest BCUT2D eigenvalue weighted by Gasteiger charge is -2.20. The Hall–Kier alpha value is -1.21. The first-order chi connectivity index (χ1) is 7.36. The maximum Gasteiger partial charge on any atom is 0.0484 e. The van der Waals surface area contributed by atoms with Crippen molar-refractivity contribution in [2.75, 3.05) is 11.9 Å². The lowest BCUT2D eigenvalue weighted by molar-refractivity contribution is 0.836. The molecule has 0 aromatic heterocycles. The second kappa shape index (κ2) is 3.42. The van der Waals surface area contributed by atoms with E-state index in [1.807, 2.05) is 12.1 Å². The minimum atomic E-state index is 0.848. The van der Waals surface area contributed by atoms with Gasteiger partial charge in [-0.1, -0.05) is 29.8 Å². The summed E-state index contributed by atoms with van der Waals surface area (Å²) in [4.78, 5) is 0. The van der Waals surface area contributed by atoms with Crippen molar-refractivity contribution in [1.29, 1.82) is 0 Å². The molecule has 2 aromatic rings. The van der Waals surface area contributed by atoms with Gasteiger partial charge >= 0.3 is 0 Å². The Morgan fingerprint density at radius 2 is 2.00 bits per heavy atom. The van der Waals surface area contributed by atoms with Crippen LogP contribution < -0.4 is 5.32 Å². The fourth-order valence-corrected chi connectivity index (χ4v) is 2.54. The fourth-order valence-electron chi connectivity index (χ4n) is 2.31. The third-order valence-corrected chi connectivity index (χ3v) is 3.37. The van der Waals surface area contributed by atoms with E-state index in [0.29, 0.717) is 0 Å². The molecule has 1 aliphatic rings. The molecule has 3 rings (SSSR count). The summed E-state index contributed by atoms with van der Waals surface area (Å²) in [5, 5.41) is 6.75. The highest BCUT2D eigenvalue weighted by Gasteiger charge is 2.12. The summed E-state index contributed by atoms with van der Waals surface area (Å²) in [7, 11) is 0. The van der Waals surface area contributed by atoms with Crippen LogP contribution in [0.4, 0.5) is 5.69 Å². The van der Waals surface area contributed by atoms with Crippen molar-refractivity contribution < 1.29 is 0 Å². The predicted octanol–water partition coefficient (Wildman–Crippen LogP) is 3.85. The van der Waals surface area contributed by atoms with Gasteiger partial charge in [-0.25, -0.2) is 0 Å². The third-order valence-electron chi connectivity index (χ3n) is 3.04. The second-order valence-corrected chi connectivity index (χ2v) is 4.36. The largest absolute Gasteiger partial charge is 0.385 e. The molecule has 0 spiro atoms. The van der Waals surface area contributed by atoms with E-state index in [1.54, 1.807) is 0 Å². The van der Waals surface area contributed by atoms with E-state index in [4.69, 9.17) is 11.6 Å². The Balaban J connectivity index is 2.36. The zero-order valence-corrected chi connectivity index (χ0v) is 9.14. The van der Waals surface area contributed by atoms with Gasteiger partial charge in [0.2, 0.25) is 0 Å². The number of anilines is 1. The van der Waals surface area contributed by atoms with Gasteiger partial charge < -0.3 is 5.32 Å². The first-order valence-corrected chi connectivity index (χ1v) is 5.68. The topological polar surface area (TPSA) is 12.0 Å². The maximum atomic E-state index is 6.18. The number of nitrogens with one attached hydrogen (secondary N) is 1. The Morgan fingerprint density at radius 3 is 2.93 bits per heavy atom. The van der Waals surface area contributed by atoms with E-state index >= 15 is 0 Å². The molecule has 15 heavy (non-hydrogen) atoms. The van der Waals surface area contributed by atoms with E-state index in [9.17, 15) is 0 Å².